The Bertz CT molecular complexity index is 297. The molecule has 0 heterocycles. The molecule has 0 radical (unpaired) electrons. The maximum atomic E-state index is 8.74. The first-order valence-corrected chi connectivity index (χ1v) is 12.1. The van der Waals surface area contributed by atoms with Crippen LogP contribution < -0.4 is 0 Å². The fourth-order valence-electron chi connectivity index (χ4n) is 2.69. The Morgan fingerprint density at radius 2 is 0.957 bits per heavy atom. The first-order valence-electron chi connectivity index (χ1n) is 9.51. The Labute approximate surface area is 162 Å². The minimum absolute atomic E-state index is 1.11. The van der Waals surface area contributed by atoms with E-state index in [1.807, 2.05) is 0 Å². The molecule has 2 N–H and O–H groups in total. The van der Waals surface area contributed by atoms with Crippen molar-refractivity contribution in [1.82, 2.24) is 0 Å². The minimum Gasteiger partial charge on any atom is -0.264 e. The van der Waals surface area contributed by atoms with E-state index in [0.29, 0.717) is 0 Å². The molecule has 0 saturated heterocycles. The summed E-state index contributed by atoms with van der Waals surface area (Å²) in [4.78, 5) is 0. The molecule has 0 aromatic heterocycles. The van der Waals surface area contributed by atoms with Crippen molar-refractivity contribution in [3.05, 3.63) is 0 Å². The molecule has 0 aromatic rings. The van der Waals surface area contributed by atoms with Gasteiger partial charge < -0.3 is 0 Å². The van der Waals surface area contributed by atoms with E-state index < -0.39 is 10.4 Å². The average Bonchev–Trinajstić information content (AvgIpc) is 2.44. The summed E-state index contributed by atoms with van der Waals surface area (Å²) in [6, 6.07) is 0. The topological polar surface area (TPSA) is 74.6 Å². The molecule has 23 heavy (non-hydrogen) atoms. The maximum Gasteiger partial charge on any atom is 0.394 e. The quantitative estimate of drug-likeness (QED) is 0.233. The van der Waals surface area contributed by atoms with Crippen molar-refractivity contribution in [2.75, 3.05) is 0 Å². The van der Waals surface area contributed by atoms with Gasteiger partial charge in [0.25, 0.3) is 0 Å². The van der Waals surface area contributed by atoms with Crippen LogP contribution in [0.1, 0.15) is 104 Å². The van der Waals surface area contributed by atoms with E-state index in [1.54, 1.807) is 0 Å². The standard InChI is InChI=1S/C17H35.Na.H2O4S/c1-3-5-7-9-11-13-15-17-16-14-12-10-8-6-4-2;;1-5(2,3)4/h17H,3-16H2,1-2H3;;(H2,1,2,3,4). The molecule has 0 fully saturated rings. The molecule has 136 valence electrons. The summed E-state index contributed by atoms with van der Waals surface area (Å²) in [6.45, 7) is 4.60. The minimum atomic E-state index is -4.67. The SMILES string of the molecule is CCCCCCCC[CH]([Na])CCCCCCCC.O=S(=O)(O)O. The normalized spacial score (nSPS) is 11.4. The molecule has 0 bridgehead atoms. The van der Waals surface area contributed by atoms with Gasteiger partial charge >= 0.3 is 145 Å². The van der Waals surface area contributed by atoms with Crippen molar-refractivity contribution < 1.29 is 17.5 Å². The van der Waals surface area contributed by atoms with Crippen molar-refractivity contribution in [2.24, 2.45) is 0 Å². The summed E-state index contributed by atoms with van der Waals surface area (Å²) >= 11 is 1.43. The first kappa shape index (κ1) is 26.1. The molecule has 0 aromatic carbocycles. The zero-order valence-corrected chi connectivity index (χ0v) is 18.4. The summed E-state index contributed by atoms with van der Waals surface area (Å²) in [5, 5.41) is 0. The van der Waals surface area contributed by atoms with Gasteiger partial charge in [0.15, 0.2) is 0 Å². The van der Waals surface area contributed by atoms with Gasteiger partial charge in [-0.15, -0.1) is 0 Å². The van der Waals surface area contributed by atoms with Crippen LogP contribution in [0.3, 0.4) is 0 Å². The predicted octanol–water partition coefficient (Wildman–Crippen LogP) is 5.79. The Hall–Kier alpha value is 0.870. The number of hydrogen-bond acceptors (Lipinski definition) is 2. The summed E-state index contributed by atoms with van der Waals surface area (Å²) in [5.74, 6) is 0. The van der Waals surface area contributed by atoms with Crippen LogP contribution in [0.25, 0.3) is 0 Å². The van der Waals surface area contributed by atoms with Gasteiger partial charge in [0, 0.05) is 0 Å². The van der Waals surface area contributed by atoms with Crippen LogP contribution in [0.15, 0.2) is 0 Å². The van der Waals surface area contributed by atoms with E-state index in [-0.39, 0.29) is 0 Å². The zero-order valence-electron chi connectivity index (χ0n) is 15.6. The number of rotatable bonds is 14. The van der Waals surface area contributed by atoms with Gasteiger partial charge in [-0.3, -0.25) is 9.11 Å². The molecular weight excluding hydrogens is 323 g/mol. The van der Waals surface area contributed by atoms with Crippen LogP contribution in [0.2, 0.25) is 3.17 Å². The van der Waals surface area contributed by atoms with Gasteiger partial charge in [-0.2, -0.15) is 8.42 Å². The van der Waals surface area contributed by atoms with Crippen LogP contribution in [-0.2, 0) is 10.4 Å². The third-order valence-electron chi connectivity index (χ3n) is 4.10. The third kappa shape index (κ3) is 35.0. The first-order chi connectivity index (χ1) is 10.8. The second kappa shape index (κ2) is 19.2. The molecule has 0 saturated carbocycles. The summed E-state index contributed by atoms with van der Waals surface area (Å²) < 4.78 is 32.7. The van der Waals surface area contributed by atoms with Crippen molar-refractivity contribution in [2.45, 2.75) is 107 Å². The molecule has 0 aliphatic carbocycles. The fraction of sp³-hybridized carbons (Fsp3) is 1.00. The van der Waals surface area contributed by atoms with Gasteiger partial charge in [0.1, 0.15) is 0 Å². The van der Waals surface area contributed by atoms with Crippen molar-refractivity contribution >= 4 is 38.3 Å². The Balaban J connectivity index is 0. The van der Waals surface area contributed by atoms with Crippen LogP contribution in [0, 0.1) is 0 Å². The monoisotopic (exact) mass is 360 g/mol. The van der Waals surface area contributed by atoms with E-state index >= 15 is 0 Å². The van der Waals surface area contributed by atoms with Crippen LogP contribution >= 0.6 is 0 Å². The summed E-state index contributed by atoms with van der Waals surface area (Å²) in [6.07, 6.45) is 20.6. The molecule has 0 aliphatic rings. The van der Waals surface area contributed by atoms with E-state index in [4.69, 9.17) is 17.5 Å². The second-order valence-corrected chi connectivity index (χ2v) is 9.19. The fourth-order valence-corrected chi connectivity index (χ4v) is 3.51. The molecule has 0 atom stereocenters. The molecule has 0 amide bonds. The Morgan fingerprint density at radius 3 is 1.26 bits per heavy atom. The Morgan fingerprint density at radius 1 is 0.696 bits per heavy atom. The maximum absolute atomic E-state index is 8.74. The van der Waals surface area contributed by atoms with Gasteiger partial charge in [-0.05, 0) is 0 Å². The van der Waals surface area contributed by atoms with E-state index in [0.717, 1.165) is 3.17 Å². The summed E-state index contributed by atoms with van der Waals surface area (Å²) in [7, 11) is -4.67. The number of hydrogen-bond donors (Lipinski definition) is 2. The molecule has 0 unspecified atom stereocenters. The largest absolute Gasteiger partial charge is 0.394 e. The van der Waals surface area contributed by atoms with Crippen molar-refractivity contribution in [3.8, 4) is 0 Å². The van der Waals surface area contributed by atoms with E-state index in [2.05, 4.69) is 13.8 Å². The van der Waals surface area contributed by atoms with Gasteiger partial charge in [0.2, 0.25) is 0 Å². The molecule has 0 rings (SSSR count). The van der Waals surface area contributed by atoms with Gasteiger partial charge in [-0.25, -0.2) is 0 Å². The van der Waals surface area contributed by atoms with Gasteiger partial charge in [-0.1, -0.05) is 0 Å². The second-order valence-electron chi connectivity index (χ2n) is 6.67. The van der Waals surface area contributed by atoms with Gasteiger partial charge in [0.05, 0.1) is 0 Å². The van der Waals surface area contributed by atoms with Crippen molar-refractivity contribution in [1.29, 1.82) is 0 Å². The summed E-state index contributed by atoms with van der Waals surface area (Å²) in [5.41, 5.74) is 0. The average molecular weight is 361 g/mol. The molecule has 0 spiro atoms. The van der Waals surface area contributed by atoms with Crippen molar-refractivity contribution in [3.63, 3.8) is 0 Å². The number of unbranched alkanes of at least 4 members (excludes halogenated alkanes) is 10. The van der Waals surface area contributed by atoms with Crippen LogP contribution in [-0.4, -0.2) is 45.5 Å². The molecule has 6 heteroatoms. The third-order valence-corrected chi connectivity index (χ3v) is 5.26. The van der Waals surface area contributed by atoms with Crippen LogP contribution in [0.4, 0.5) is 0 Å². The van der Waals surface area contributed by atoms with Crippen LogP contribution in [0.5, 0.6) is 0 Å². The predicted molar refractivity (Wildman–Crippen MR) is 99.7 cm³/mol. The smallest absolute Gasteiger partial charge is 0.264 e. The van der Waals surface area contributed by atoms with E-state index in [9.17, 15) is 0 Å². The molecule has 0 aliphatic heterocycles. The molecular formula is C17H37NaO4S. The van der Waals surface area contributed by atoms with E-state index in [1.165, 1.54) is 118 Å². The Kier molecular flexibility index (Phi) is 21.8. The molecule has 4 nitrogen and oxygen atoms in total. The zero-order chi connectivity index (χ0) is 18.0.